The van der Waals surface area contributed by atoms with Gasteiger partial charge in [-0.3, -0.25) is 0 Å². The van der Waals surface area contributed by atoms with Crippen LogP contribution in [0.4, 0.5) is 0 Å². The lowest BCUT2D eigenvalue weighted by molar-refractivity contribution is 1.39. The summed E-state index contributed by atoms with van der Waals surface area (Å²) in [4.78, 5) is 0. The molecule has 0 heteroatoms. The van der Waals surface area contributed by atoms with Gasteiger partial charge in [0, 0.05) is 0 Å². The molecular formula is C21H20. The molecule has 0 aliphatic rings. The van der Waals surface area contributed by atoms with Crippen molar-refractivity contribution in [3.8, 4) is 0 Å². The van der Waals surface area contributed by atoms with Gasteiger partial charge in [-0.2, -0.15) is 0 Å². The molecule has 0 bridgehead atoms. The predicted octanol–water partition coefficient (Wildman–Crippen LogP) is 6.13. The first-order chi connectivity index (χ1) is 10.0. The lowest BCUT2D eigenvalue weighted by atomic mass is 9.84. The van der Waals surface area contributed by atoms with Gasteiger partial charge in [0.1, 0.15) is 0 Å². The lowest BCUT2D eigenvalue weighted by Crippen LogP contribution is -1.96. The molecule has 0 N–H and O–H groups in total. The second-order valence-corrected chi connectivity index (χ2v) is 6.48. The molecule has 21 heavy (non-hydrogen) atoms. The van der Waals surface area contributed by atoms with Crippen molar-refractivity contribution in [3.05, 3.63) is 58.1 Å². The van der Waals surface area contributed by atoms with E-state index in [2.05, 4.69) is 65.0 Å². The van der Waals surface area contributed by atoms with Gasteiger partial charge in [-0.25, -0.2) is 0 Å². The van der Waals surface area contributed by atoms with Crippen molar-refractivity contribution in [3.63, 3.8) is 0 Å². The van der Waals surface area contributed by atoms with Crippen LogP contribution in [-0.2, 0) is 0 Å². The molecule has 0 unspecified atom stereocenters. The Labute approximate surface area is 125 Å². The molecule has 0 aliphatic heterocycles. The minimum absolute atomic E-state index is 1.37. The van der Waals surface area contributed by atoms with E-state index in [4.69, 9.17) is 0 Å². The second kappa shape index (κ2) is 3.98. The Hall–Kier alpha value is -2.08. The van der Waals surface area contributed by atoms with Gasteiger partial charge in [0.2, 0.25) is 0 Å². The zero-order valence-electron chi connectivity index (χ0n) is 13.4. The van der Waals surface area contributed by atoms with Gasteiger partial charge in [0.05, 0.1) is 0 Å². The Morgan fingerprint density at radius 3 is 1.95 bits per heavy atom. The van der Waals surface area contributed by atoms with Gasteiger partial charge >= 0.3 is 0 Å². The molecule has 104 valence electrons. The minimum atomic E-state index is 1.37. The highest BCUT2D eigenvalue weighted by atomic mass is 14.2. The van der Waals surface area contributed by atoms with Gasteiger partial charge in [-0.05, 0) is 94.8 Å². The van der Waals surface area contributed by atoms with Crippen LogP contribution in [0.3, 0.4) is 0 Å². The van der Waals surface area contributed by atoms with E-state index in [9.17, 15) is 0 Å². The monoisotopic (exact) mass is 272 g/mol. The summed E-state index contributed by atoms with van der Waals surface area (Å²) in [7, 11) is 0. The summed E-state index contributed by atoms with van der Waals surface area (Å²) in [6, 6.07) is 11.5. The van der Waals surface area contributed by atoms with Crippen molar-refractivity contribution in [1.29, 1.82) is 0 Å². The van der Waals surface area contributed by atoms with Crippen molar-refractivity contribution < 1.29 is 0 Å². The van der Waals surface area contributed by atoms with Crippen LogP contribution in [0.25, 0.3) is 32.3 Å². The number of hydrogen-bond donors (Lipinski definition) is 0. The first-order valence-electron chi connectivity index (χ1n) is 7.65. The Morgan fingerprint density at radius 1 is 0.524 bits per heavy atom. The molecule has 0 nitrogen and oxygen atoms in total. The summed E-state index contributed by atoms with van der Waals surface area (Å²) >= 11 is 0. The van der Waals surface area contributed by atoms with Gasteiger partial charge in [0.25, 0.3) is 0 Å². The fraction of sp³-hybridized carbons (Fsp3) is 0.238. The fourth-order valence-corrected chi connectivity index (χ4v) is 4.08. The van der Waals surface area contributed by atoms with E-state index in [0.29, 0.717) is 0 Å². The molecule has 0 amide bonds. The van der Waals surface area contributed by atoms with Crippen LogP contribution < -0.4 is 0 Å². The largest absolute Gasteiger partial charge is 0.0581 e. The standard InChI is InChI=1S/C21H20/c1-11-7-9-17-14(4)15(5)19-12(2)6-8-16-10-13(3)18(11)21(17)20(16)19/h6-10H,1-5H3. The summed E-state index contributed by atoms with van der Waals surface area (Å²) in [5.41, 5.74) is 7.01. The van der Waals surface area contributed by atoms with Gasteiger partial charge < -0.3 is 0 Å². The maximum atomic E-state index is 2.35. The Morgan fingerprint density at radius 2 is 1.19 bits per heavy atom. The maximum Gasteiger partial charge on any atom is -0.00185 e. The first kappa shape index (κ1) is 12.6. The average molecular weight is 272 g/mol. The summed E-state index contributed by atoms with van der Waals surface area (Å²) < 4.78 is 0. The molecule has 0 saturated carbocycles. The van der Waals surface area contributed by atoms with Crippen LogP contribution in [0.15, 0.2) is 30.3 Å². The Bertz CT molecular complexity index is 1020. The molecule has 0 aromatic heterocycles. The average Bonchev–Trinajstić information content (AvgIpc) is 2.45. The number of benzene rings is 4. The van der Waals surface area contributed by atoms with Crippen molar-refractivity contribution in [2.45, 2.75) is 34.6 Å². The van der Waals surface area contributed by atoms with E-state index in [1.807, 2.05) is 0 Å². The van der Waals surface area contributed by atoms with Crippen molar-refractivity contribution >= 4 is 32.3 Å². The molecule has 4 aromatic carbocycles. The van der Waals surface area contributed by atoms with Crippen molar-refractivity contribution in [2.75, 3.05) is 0 Å². The third-order valence-electron chi connectivity index (χ3n) is 5.22. The fourth-order valence-electron chi connectivity index (χ4n) is 4.08. The van der Waals surface area contributed by atoms with E-state index < -0.39 is 0 Å². The quantitative estimate of drug-likeness (QED) is 0.338. The third-order valence-corrected chi connectivity index (χ3v) is 5.22. The second-order valence-electron chi connectivity index (χ2n) is 6.48. The van der Waals surface area contributed by atoms with E-state index in [1.54, 1.807) is 0 Å². The highest BCUT2D eigenvalue weighted by Gasteiger charge is 2.16. The molecule has 4 aromatic rings. The third kappa shape index (κ3) is 1.45. The number of rotatable bonds is 0. The molecule has 0 fully saturated rings. The predicted molar refractivity (Wildman–Crippen MR) is 93.8 cm³/mol. The molecule has 0 atom stereocenters. The van der Waals surface area contributed by atoms with Gasteiger partial charge in [-0.1, -0.05) is 30.3 Å². The molecule has 0 heterocycles. The Kier molecular flexibility index (Phi) is 2.39. The van der Waals surface area contributed by atoms with Crippen LogP contribution in [0.1, 0.15) is 27.8 Å². The van der Waals surface area contributed by atoms with E-state index in [0.717, 1.165) is 0 Å². The molecular weight excluding hydrogens is 252 g/mol. The summed E-state index contributed by atoms with van der Waals surface area (Å²) in [5, 5.41) is 8.61. The van der Waals surface area contributed by atoms with E-state index >= 15 is 0 Å². The SMILES string of the molecule is Cc1c(C)c2c(C)ccc3cc(C)c4c(C)ccc1c4c32. The highest BCUT2D eigenvalue weighted by Crippen LogP contribution is 2.42. The molecule has 0 spiro atoms. The maximum absolute atomic E-state index is 2.35. The van der Waals surface area contributed by atoms with Crippen molar-refractivity contribution in [2.24, 2.45) is 0 Å². The van der Waals surface area contributed by atoms with Crippen molar-refractivity contribution in [1.82, 2.24) is 0 Å². The molecule has 0 saturated heterocycles. The topological polar surface area (TPSA) is 0 Å². The number of aryl methyl sites for hydroxylation is 5. The van der Waals surface area contributed by atoms with Crippen LogP contribution in [0, 0.1) is 34.6 Å². The van der Waals surface area contributed by atoms with Crippen LogP contribution in [0.2, 0.25) is 0 Å². The minimum Gasteiger partial charge on any atom is -0.0581 e. The molecule has 0 radical (unpaired) electrons. The van der Waals surface area contributed by atoms with Crippen LogP contribution in [-0.4, -0.2) is 0 Å². The smallest absolute Gasteiger partial charge is 0.00185 e. The lowest BCUT2D eigenvalue weighted by Gasteiger charge is -2.20. The normalized spacial score (nSPS) is 12.0. The van der Waals surface area contributed by atoms with Gasteiger partial charge in [-0.15, -0.1) is 0 Å². The zero-order chi connectivity index (χ0) is 14.9. The molecule has 4 rings (SSSR count). The van der Waals surface area contributed by atoms with E-state index in [-0.39, 0.29) is 0 Å². The first-order valence-corrected chi connectivity index (χ1v) is 7.65. The van der Waals surface area contributed by atoms with Gasteiger partial charge in [0.15, 0.2) is 0 Å². The van der Waals surface area contributed by atoms with Crippen LogP contribution in [0.5, 0.6) is 0 Å². The van der Waals surface area contributed by atoms with Crippen LogP contribution >= 0.6 is 0 Å². The summed E-state index contributed by atoms with van der Waals surface area (Å²) in [5.74, 6) is 0. The zero-order valence-corrected chi connectivity index (χ0v) is 13.4. The van der Waals surface area contributed by atoms with E-state index in [1.165, 1.54) is 60.1 Å². The highest BCUT2D eigenvalue weighted by molar-refractivity contribution is 6.26. The Balaban J connectivity index is 2.53. The number of hydrogen-bond acceptors (Lipinski definition) is 0. The molecule has 0 aliphatic carbocycles. The summed E-state index contributed by atoms with van der Waals surface area (Å²) in [6.45, 7) is 11.2. The summed E-state index contributed by atoms with van der Waals surface area (Å²) in [6.07, 6.45) is 0.